The SMILES string of the molecule is CCS(=O)(=O)c1ccc(F)c(C(=O)N(C)[C@@H]2CCNC2)c1. The number of hydrogen-bond acceptors (Lipinski definition) is 4. The summed E-state index contributed by atoms with van der Waals surface area (Å²) in [6.07, 6.45) is 0.802. The van der Waals surface area contributed by atoms with Gasteiger partial charge in [0.05, 0.1) is 16.2 Å². The number of sulfone groups is 1. The van der Waals surface area contributed by atoms with E-state index < -0.39 is 21.6 Å². The molecule has 1 aliphatic heterocycles. The first kappa shape index (κ1) is 15.9. The maximum Gasteiger partial charge on any atom is 0.256 e. The molecule has 1 aromatic rings. The van der Waals surface area contributed by atoms with Crippen LogP contribution in [0.4, 0.5) is 4.39 Å². The minimum absolute atomic E-state index is 0.00309. The van der Waals surface area contributed by atoms with E-state index in [9.17, 15) is 17.6 Å². The van der Waals surface area contributed by atoms with Gasteiger partial charge in [-0.2, -0.15) is 0 Å². The molecule has 0 radical (unpaired) electrons. The third-order valence-electron chi connectivity index (χ3n) is 3.81. The number of nitrogens with zero attached hydrogens (tertiary/aromatic N) is 1. The predicted molar refractivity (Wildman–Crippen MR) is 77.5 cm³/mol. The van der Waals surface area contributed by atoms with Crippen molar-refractivity contribution in [2.75, 3.05) is 25.9 Å². The Morgan fingerprint density at radius 2 is 2.19 bits per heavy atom. The Hall–Kier alpha value is -1.47. The third kappa shape index (κ3) is 3.24. The van der Waals surface area contributed by atoms with Gasteiger partial charge >= 0.3 is 0 Å². The van der Waals surface area contributed by atoms with Gasteiger partial charge in [0.1, 0.15) is 5.82 Å². The van der Waals surface area contributed by atoms with Crippen LogP contribution in [0.1, 0.15) is 23.7 Å². The number of halogens is 1. The van der Waals surface area contributed by atoms with Gasteiger partial charge < -0.3 is 10.2 Å². The maximum atomic E-state index is 13.9. The highest BCUT2D eigenvalue weighted by atomic mass is 32.2. The molecule has 0 unspecified atom stereocenters. The lowest BCUT2D eigenvalue weighted by Crippen LogP contribution is -2.38. The summed E-state index contributed by atoms with van der Waals surface area (Å²) in [7, 11) is -1.85. The molecule has 1 fully saturated rings. The molecule has 1 amide bonds. The van der Waals surface area contributed by atoms with Crippen molar-refractivity contribution in [2.45, 2.75) is 24.3 Å². The van der Waals surface area contributed by atoms with Gasteiger partial charge in [0, 0.05) is 19.6 Å². The monoisotopic (exact) mass is 314 g/mol. The molecule has 1 heterocycles. The first-order valence-electron chi connectivity index (χ1n) is 6.87. The second-order valence-electron chi connectivity index (χ2n) is 5.11. The van der Waals surface area contributed by atoms with Crippen LogP contribution in [0, 0.1) is 5.82 Å². The lowest BCUT2D eigenvalue weighted by atomic mass is 10.1. The maximum absolute atomic E-state index is 13.9. The van der Waals surface area contributed by atoms with Crippen molar-refractivity contribution >= 4 is 15.7 Å². The molecule has 0 bridgehead atoms. The molecule has 116 valence electrons. The fourth-order valence-electron chi connectivity index (χ4n) is 2.35. The summed E-state index contributed by atoms with van der Waals surface area (Å²) in [5, 5.41) is 3.14. The van der Waals surface area contributed by atoms with Crippen molar-refractivity contribution in [2.24, 2.45) is 0 Å². The molecule has 0 aliphatic carbocycles. The molecule has 1 atom stereocenters. The van der Waals surface area contributed by atoms with Crippen LogP contribution < -0.4 is 5.32 Å². The molecular weight excluding hydrogens is 295 g/mol. The minimum atomic E-state index is -3.47. The Balaban J connectivity index is 2.34. The summed E-state index contributed by atoms with van der Waals surface area (Å²) in [5.74, 6) is -1.28. The van der Waals surface area contributed by atoms with E-state index in [0.717, 1.165) is 25.1 Å². The molecule has 5 nitrogen and oxygen atoms in total. The zero-order valence-corrected chi connectivity index (χ0v) is 12.9. The number of carbonyl (C=O) groups is 1. The summed E-state index contributed by atoms with van der Waals surface area (Å²) in [4.78, 5) is 13.8. The van der Waals surface area contributed by atoms with E-state index >= 15 is 0 Å². The summed E-state index contributed by atoms with van der Waals surface area (Å²) < 4.78 is 37.6. The van der Waals surface area contributed by atoms with Gasteiger partial charge in [-0.1, -0.05) is 6.92 Å². The van der Waals surface area contributed by atoms with Crippen LogP contribution in [0.15, 0.2) is 23.1 Å². The number of benzene rings is 1. The predicted octanol–water partition coefficient (Wildman–Crippen LogP) is 1.05. The number of amides is 1. The van der Waals surface area contributed by atoms with Gasteiger partial charge in [-0.25, -0.2) is 12.8 Å². The van der Waals surface area contributed by atoms with Crippen molar-refractivity contribution in [3.05, 3.63) is 29.6 Å². The van der Waals surface area contributed by atoms with E-state index in [-0.39, 0.29) is 22.3 Å². The minimum Gasteiger partial charge on any atom is -0.337 e. The van der Waals surface area contributed by atoms with E-state index in [1.165, 1.54) is 17.9 Å². The Kier molecular flexibility index (Phi) is 4.63. The van der Waals surface area contributed by atoms with Crippen molar-refractivity contribution in [3.8, 4) is 0 Å². The molecule has 1 N–H and O–H groups in total. The van der Waals surface area contributed by atoms with Gasteiger partial charge in [0.2, 0.25) is 0 Å². The normalized spacial score (nSPS) is 18.7. The van der Waals surface area contributed by atoms with Crippen molar-refractivity contribution < 1.29 is 17.6 Å². The molecule has 21 heavy (non-hydrogen) atoms. The van der Waals surface area contributed by atoms with Crippen LogP contribution in [-0.4, -0.2) is 51.2 Å². The summed E-state index contributed by atoms with van der Waals surface area (Å²) in [6.45, 7) is 2.99. The highest BCUT2D eigenvalue weighted by molar-refractivity contribution is 7.91. The molecule has 1 aromatic carbocycles. The first-order valence-corrected chi connectivity index (χ1v) is 8.52. The zero-order valence-electron chi connectivity index (χ0n) is 12.1. The molecular formula is C14H19FN2O3S. The van der Waals surface area contributed by atoms with Crippen molar-refractivity contribution in [1.29, 1.82) is 0 Å². The standard InChI is InChI=1S/C14H19FN2O3S/c1-3-21(19,20)11-4-5-13(15)12(8-11)14(18)17(2)10-6-7-16-9-10/h4-5,8,10,16H,3,6-7,9H2,1-2H3/t10-/m1/s1. The number of hydrogen-bond donors (Lipinski definition) is 1. The van der Waals surface area contributed by atoms with Crippen molar-refractivity contribution in [3.63, 3.8) is 0 Å². The number of nitrogens with one attached hydrogen (secondary N) is 1. The molecule has 1 aliphatic rings. The van der Waals surface area contributed by atoms with Crippen LogP contribution in [0.2, 0.25) is 0 Å². The quantitative estimate of drug-likeness (QED) is 0.844. The fourth-order valence-corrected chi connectivity index (χ4v) is 3.26. The van der Waals surface area contributed by atoms with Gasteiger partial charge in [0.15, 0.2) is 9.84 Å². The van der Waals surface area contributed by atoms with Crippen LogP contribution in [0.5, 0.6) is 0 Å². The Bertz CT molecular complexity index is 640. The average molecular weight is 314 g/mol. The van der Waals surface area contributed by atoms with Crippen LogP contribution in [-0.2, 0) is 9.84 Å². The molecule has 7 heteroatoms. The first-order chi connectivity index (χ1) is 9.86. The molecule has 1 saturated heterocycles. The van der Waals surface area contributed by atoms with Gasteiger partial charge in [-0.3, -0.25) is 4.79 Å². The van der Waals surface area contributed by atoms with Crippen LogP contribution >= 0.6 is 0 Å². The highest BCUT2D eigenvalue weighted by Gasteiger charge is 2.26. The lowest BCUT2D eigenvalue weighted by Gasteiger charge is -2.24. The lowest BCUT2D eigenvalue weighted by molar-refractivity contribution is 0.0739. The van der Waals surface area contributed by atoms with E-state index in [4.69, 9.17) is 0 Å². The largest absolute Gasteiger partial charge is 0.337 e. The molecule has 2 rings (SSSR count). The summed E-state index contributed by atoms with van der Waals surface area (Å²) in [6, 6.07) is 3.37. The van der Waals surface area contributed by atoms with E-state index in [2.05, 4.69) is 5.32 Å². The van der Waals surface area contributed by atoms with Crippen LogP contribution in [0.3, 0.4) is 0 Å². The number of carbonyl (C=O) groups excluding carboxylic acids is 1. The van der Waals surface area contributed by atoms with Gasteiger partial charge in [-0.15, -0.1) is 0 Å². The average Bonchev–Trinajstić information content (AvgIpc) is 3.00. The van der Waals surface area contributed by atoms with Crippen molar-refractivity contribution in [1.82, 2.24) is 10.2 Å². The topological polar surface area (TPSA) is 66.5 Å². The third-order valence-corrected chi connectivity index (χ3v) is 5.54. The smallest absolute Gasteiger partial charge is 0.256 e. The zero-order chi connectivity index (χ0) is 15.6. The van der Waals surface area contributed by atoms with E-state index in [1.807, 2.05) is 0 Å². The fraction of sp³-hybridized carbons (Fsp3) is 0.500. The Morgan fingerprint density at radius 1 is 1.48 bits per heavy atom. The summed E-state index contributed by atoms with van der Waals surface area (Å²) in [5.41, 5.74) is -0.195. The molecule has 0 aromatic heterocycles. The van der Waals surface area contributed by atoms with E-state index in [1.54, 1.807) is 7.05 Å². The van der Waals surface area contributed by atoms with E-state index in [0.29, 0.717) is 6.54 Å². The molecule has 0 saturated carbocycles. The Labute approximate surface area is 124 Å². The highest BCUT2D eigenvalue weighted by Crippen LogP contribution is 2.19. The van der Waals surface area contributed by atoms with Crippen LogP contribution in [0.25, 0.3) is 0 Å². The second-order valence-corrected chi connectivity index (χ2v) is 7.39. The molecule has 0 spiro atoms. The number of likely N-dealkylation sites (N-methyl/N-ethyl adjacent to an activating group) is 1. The Morgan fingerprint density at radius 3 is 2.76 bits per heavy atom. The second kappa shape index (κ2) is 6.11. The van der Waals surface area contributed by atoms with Gasteiger partial charge in [0.25, 0.3) is 5.91 Å². The summed E-state index contributed by atoms with van der Waals surface area (Å²) >= 11 is 0. The van der Waals surface area contributed by atoms with Gasteiger partial charge in [-0.05, 0) is 31.2 Å². The number of rotatable bonds is 4.